The zero-order valence-corrected chi connectivity index (χ0v) is 15.1. The van der Waals surface area contributed by atoms with Crippen LogP contribution in [0.1, 0.15) is 56.2 Å². The molecule has 1 aromatic heterocycles. The summed E-state index contributed by atoms with van der Waals surface area (Å²) in [6.45, 7) is 3.06. The van der Waals surface area contributed by atoms with Crippen LogP contribution in [0.5, 0.6) is 0 Å². The van der Waals surface area contributed by atoms with Crippen LogP contribution in [0, 0.1) is 6.92 Å². The minimum absolute atomic E-state index is 0.0365. The molecule has 2 N–H and O–H groups in total. The third-order valence-electron chi connectivity index (χ3n) is 4.56. The van der Waals surface area contributed by atoms with Gasteiger partial charge in [0.25, 0.3) is 11.8 Å². The molecule has 7 heteroatoms. The van der Waals surface area contributed by atoms with Gasteiger partial charge in [-0.25, -0.2) is 9.78 Å². The second-order valence-electron chi connectivity index (χ2n) is 6.52. The highest BCUT2D eigenvalue weighted by Gasteiger charge is 2.19. The molecule has 2 amide bonds. The molecule has 0 saturated carbocycles. The van der Waals surface area contributed by atoms with Gasteiger partial charge in [0.15, 0.2) is 0 Å². The molecule has 27 heavy (non-hydrogen) atoms. The molecule has 7 nitrogen and oxygen atoms in total. The molecule has 0 aliphatic carbocycles. The van der Waals surface area contributed by atoms with Gasteiger partial charge in [-0.05, 0) is 56.5 Å². The normalized spacial score (nSPS) is 13.9. The minimum atomic E-state index is -1.09. The number of hydrogen-bond donors (Lipinski definition) is 2. The van der Waals surface area contributed by atoms with Gasteiger partial charge in [-0.3, -0.25) is 9.59 Å². The first-order valence-electron chi connectivity index (χ1n) is 8.87. The lowest BCUT2D eigenvalue weighted by Gasteiger charge is -2.26. The molecule has 0 atom stereocenters. The minimum Gasteiger partial charge on any atom is -0.478 e. The molecular formula is C20H21N3O4. The molecule has 3 rings (SSSR count). The molecule has 1 fully saturated rings. The number of aromatic carboxylic acids is 1. The van der Waals surface area contributed by atoms with Crippen LogP contribution < -0.4 is 5.32 Å². The monoisotopic (exact) mass is 367 g/mol. The molecule has 0 bridgehead atoms. The van der Waals surface area contributed by atoms with Gasteiger partial charge >= 0.3 is 5.97 Å². The average Bonchev–Trinajstić information content (AvgIpc) is 2.68. The highest BCUT2D eigenvalue weighted by atomic mass is 16.4. The van der Waals surface area contributed by atoms with Crippen molar-refractivity contribution in [2.24, 2.45) is 0 Å². The molecule has 1 aliphatic heterocycles. The number of benzene rings is 1. The Bertz CT molecular complexity index is 889. The molecule has 2 heterocycles. The lowest BCUT2D eigenvalue weighted by Crippen LogP contribution is -2.35. The van der Waals surface area contributed by atoms with Gasteiger partial charge in [-0.2, -0.15) is 0 Å². The second-order valence-corrected chi connectivity index (χ2v) is 6.52. The first-order chi connectivity index (χ1) is 13.0. The maximum atomic E-state index is 12.6. The Kier molecular flexibility index (Phi) is 5.49. The predicted octanol–water partition coefficient (Wildman–Crippen LogP) is 2.97. The summed E-state index contributed by atoms with van der Waals surface area (Å²) in [5.74, 6) is -1.58. The number of carboxylic acid groups (broad SMARTS) is 1. The number of amides is 2. The number of pyridine rings is 1. The van der Waals surface area contributed by atoms with Crippen molar-refractivity contribution < 1.29 is 19.5 Å². The van der Waals surface area contributed by atoms with Crippen molar-refractivity contribution in [3.8, 4) is 0 Å². The average molecular weight is 367 g/mol. The van der Waals surface area contributed by atoms with Crippen molar-refractivity contribution >= 4 is 23.5 Å². The number of aryl methyl sites for hydroxylation is 1. The van der Waals surface area contributed by atoms with Crippen LogP contribution in [0.4, 0.5) is 5.69 Å². The summed E-state index contributed by atoms with van der Waals surface area (Å²) in [5, 5.41) is 11.8. The number of hydrogen-bond acceptors (Lipinski definition) is 4. The Morgan fingerprint density at radius 2 is 1.81 bits per heavy atom. The maximum absolute atomic E-state index is 12.6. The van der Waals surface area contributed by atoms with Gasteiger partial charge in [-0.1, -0.05) is 6.07 Å². The molecule has 140 valence electrons. The molecule has 2 aromatic rings. The molecule has 0 unspecified atom stereocenters. The summed E-state index contributed by atoms with van der Waals surface area (Å²) >= 11 is 0. The van der Waals surface area contributed by atoms with Gasteiger partial charge < -0.3 is 15.3 Å². The fourth-order valence-electron chi connectivity index (χ4n) is 3.12. The van der Waals surface area contributed by atoms with E-state index >= 15 is 0 Å². The predicted molar refractivity (Wildman–Crippen MR) is 100 cm³/mol. The van der Waals surface area contributed by atoms with E-state index in [0.717, 1.165) is 32.4 Å². The summed E-state index contributed by atoms with van der Waals surface area (Å²) in [5.41, 5.74) is 1.46. The van der Waals surface area contributed by atoms with Crippen molar-refractivity contribution in [3.05, 3.63) is 58.9 Å². The molecule has 1 aliphatic rings. The van der Waals surface area contributed by atoms with E-state index in [9.17, 15) is 14.4 Å². The second kappa shape index (κ2) is 7.99. The summed E-state index contributed by atoms with van der Waals surface area (Å²) in [7, 11) is 0. The number of nitrogens with zero attached hydrogens (tertiary/aromatic N) is 2. The van der Waals surface area contributed by atoms with Crippen molar-refractivity contribution in [2.75, 3.05) is 18.4 Å². The Hall–Kier alpha value is -3.22. The molecule has 0 spiro atoms. The summed E-state index contributed by atoms with van der Waals surface area (Å²) in [6, 6.07) is 9.52. The van der Waals surface area contributed by atoms with E-state index in [2.05, 4.69) is 10.3 Å². The van der Waals surface area contributed by atoms with Crippen LogP contribution >= 0.6 is 0 Å². The van der Waals surface area contributed by atoms with E-state index in [0.29, 0.717) is 11.3 Å². The van der Waals surface area contributed by atoms with Crippen LogP contribution in [0.25, 0.3) is 0 Å². The van der Waals surface area contributed by atoms with Crippen LogP contribution in [0.2, 0.25) is 0 Å². The molecule has 1 aromatic carbocycles. The fourth-order valence-corrected chi connectivity index (χ4v) is 3.12. The number of likely N-dealkylation sites (tertiary alicyclic amines) is 1. The topological polar surface area (TPSA) is 99.6 Å². The highest BCUT2D eigenvalue weighted by molar-refractivity contribution is 6.04. The molecule has 0 radical (unpaired) electrons. The van der Waals surface area contributed by atoms with Crippen LogP contribution in [0.3, 0.4) is 0 Å². The van der Waals surface area contributed by atoms with E-state index in [-0.39, 0.29) is 22.9 Å². The number of rotatable bonds is 4. The van der Waals surface area contributed by atoms with Crippen molar-refractivity contribution in [1.29, 1.82) is 0 Å². The Labute approximate surface area is 157 Å². The van der Waals surface area contributed by atoms with E-state index in [1.165, 1.54) is 19.1 Å². The standard InChI is InChI=1S/C20H21N3O4/c1-13-16(20(26)27)8-9-17(21-13)18(24)22-15-7-5-6-14(12-15)19(25)23-10-3-2-4-11-23/h5-9,12H,2-4,10-11H2,1H3,(H,22,24)(H,26,27). The SMILES string of the molecule is Cc1nc(C(=O)Nc2cccc(C(=O)N3CCCCC3)c2)ccc1C(=O)O. The quantitative estimate of drug-likeness (QED) is 0.865. The number of carbonyl (C=O) groups is 3. The summed E-state index contributed by atoms with van der Waals surface area (Å²) < 4.78 is 0. The van der Waals surface area contributed by atoms with Gasteiger partial charge in [0, 0.05) is 24.3 Å². The van der Waals surface area contributed by atoms with Crippen LogP contribution in [-0.2, 0) is 0 Å². The molecule has 1 saturated heterocycles. The Balaban J connectivity index is 1.74. The van der Waals surface area contributed by atoms with E-state index < -0.39 is 11.9 Å². The third kappa shape index (κ3) is 4.31. The van der Waals surface area contributed by atoms with Gasteiger partial charge in [-0.15, -0.1) is 0 Å². The van der Waals surface area contributed by atoms with Crippen LogP contribution in [-0.4, -0.2) is 45.9 Å². The number of carboxylic acids is 1. The largest absolute Gasteiger partial charge is 0.478 e. The first kappa shape index (κ1) is 18.6. The summed E-state index contributed by atoms with van der Waals surface area (Å²) in [4.78, 5) is 41.9. The zero-order chi connectivity index (χ0) is 19.4. The number of piperidine rings is 1. The number of aromatic nitrogens is 1. The Morgan fingerprint density at radius 1 is 1.07 bits per heavy atom. The number of carbonyl (C=O) groups excluding carboxylic acids is 2. The number of nitrogens with one attached hydrogen (secondary N) is 1. The maximum Gasteiger partial charge on any atom is 0.337 e. The number of anilines is 1. The lowest BCUT2D eigenvalue weighted by molar-refractivity contribution is 0.0692. The van der Waals surface area contributed by atoms with E-state index in [1.807, 2.05) is 4.90 Å². The van der Waals surface area contributed by atoms with Gasteiger partial charge in [0.2, 0.25) is 0 Å². The van der Waals surface area contributed by atoms with Crippen LogP contribution in [0.15, 0.2) is 36.4 Å². The van der Waals surface area contributed by atoms with Crippen molar-refractivity contribution in [3.63, 3.8) is 0 Å². The Morgan fingerprint density at radius 3 is 2.48 bits per heavy atom. The first-order valence-corrected chi connectivity index (χ1v) is 8.87. The molecular weight excluding hydrogens is 346 g/mol. The van der Waals surface area contributed by atoms with E-state index in [1.54, 1.807) is 24.3 Å². The zero-order valence-electron chi connectivity index (χ0n) is 15.1. The highest BCUT2D eigenvalue weighted by Crippen LogP contribution is 2.17. The lowest BCUT2D eigenvalue weighted by atomic mass is 10.1. The van der Waals surface area contributed by atoms with Gasteiger partial charge in [0.1, 0.15) is 5.69 Å². The third-order valence-corrected chi connectivity index (χ3v) is 4.56. The van der Waals surface area contributed by atoms with E-state index in [4.69, 9.17) is 5.11 Å². The van der Waals surface area contributed by atoms with Crippen molar-refractivity contribution in [1.82, 2.24) is 9.88 Å². The van der Waals surface area contributed by atoms with Gasteiger partial charge in [0.05, 0.1) is 11.3 Å². The fraction of sp³-hybridized carbons (Fsp3) is 0.300. The smallest absolute Gasteiger partial charge is 0.337 e. The summed E-state index contributed by atoms with van der Waals surface area (Å²) in [6.07, 6.45) is 3.17. The van der Waals surface area contributed by atoms with Crippen molar-refractivity contribution in [2.45, 2.75) is 26.2 Å².